The molecule has 0 saturated heterocycles. The normalized spacial score (nSPS) is 11.6. The zero-order valence-electron chi connectivity index (χ0n) is 16.3. The summed E-state index contributed by atoms with van der Waals surface area (Å²) in [5.74, 6) is -0.626. The molecule has 1 amide bonds. The van der Waals surface area contributed by atoms with Gasteiger partial charge in [0.15, 0.2) is 9.84 Å². The molecule has 0 aliphatic carbocycles. The highest BCUT2D eigenvalue weighted by Gasteiger charge is 2.18. The quantitative estimate of drug-likeness (QED) is 0.616. The van der Waals surface area contributed by atoms with Gasteiger partial charge in [-0.1, -0.05) is 0 Å². The van der Waals surface area contributed by atoms with Gasteiger partial charge in [0.2, 0.25) is 0 Å². The molecular weight excluding hydrogens is 394 g/mol. The van der Waals surface area contributed by atoms with Crippen LogP contribution in [0.3, 0.4) is 0 Å². The number of nitrogens with zero attached hydrogens (tertiary/aromatic N) is 2. The van der Waals surface area contributed by atoms with Gasteiger partial charge in [-0.25, -0.2) is 8.42 Å². The maximum Gasteiger partial charge on any atom is 0.278 e. The number of hydrogen-bond donors (Lipinski definition) is 1. The van der Waals surface area contributed by atoms with Crippen LogP contribution in [0.25, 0.3) is 10.9 Å². The Morgan fingerprint density at radius 1 is 1.10 bits per heavy atom. The Kier molecular flexibility index (Phi) is 5.81. The van der Waals surface area contributed by atoms with Crippen molar-refractivity contribution >= 4 is 32.6 Å². The van der Waals surface area contributed by atoms with Gasteiger partial charge >= 0.3 is 0 Å². The van der Waals surface area contributed by atoms with E-state index in [0.29, 0.717) is 40.9 Å². The van der Waals surface area contributed by atoms with Crippen LogP contribution in [0.2, 0.25) is 0 Å². The lowest BCUT2D eigenvalue weighted by Gasteiger charge is -2.06. The summed E-state index contributed by atoms with van der Waals surface area (Å²) >= 11 is 0. The first-order valence-electron chi connectivity index (χ1n) is 8.83. The monoisotopic (exact) mass is 415 g/mol. The van der Waals surface area contributed by atoms with Gasteiger partial charge in [0.25, 0.3) is 11.8 Å². The van der Waals surface area contributed by atoms with E-state index in [-0.39, 0.29) is 16.7 Å². The number of aryl methyl sites for hydroxylation is 1. The van der Waals surface area contributed by atoms with E-state index >= 15 is 0 Å². The molecule has 3 aromatic rings. The number of sulfone groups is 1. The zero-order valence-corrected chi connectivity index (χ0v) is 17.1. The first kappa shape index (κ1) is 20.7. The molecule has 9 heteroatoms. The maximum atomic E-state index is 12.9. The fourth-order valence-electron chi connectivity index (χ4n) is 2.90. The van der Waals surface area contributed by atoms with Gasteiger partial charge < -0.3 is 10.1 Å². The highest BCUT2D eigenvalue weighted by molar-refractivity contribution is 7.90. The SMILES string of the molecule is COCCNC(=O)c1ccc2c(c1)c(C)nn2C(=O)c1ccc(S(C)(=O)=O)cc1. The van der Waals surface area contributed by atoms with Gasteiger partial charge in [0.05, 0.1) is 22.7 Å². The van der Waals surface area contributed by atoms with E-state index in [2.05, 4.69) is 10.4 Å². The summed E-state index contributed by atoms with van der Waals surface area (Å²) in [6, 6.07) is 10.7. The number of benzene rings is 2. The molecular formula is C20H21N3O5S. The number of amides is 1. The van der Waals surface area contributed by atoms with Gasteiger partial charge in [-0.3, -0.25) is 9.59 Å². The molecule has 0 aliphatic heterocycles. The summed E-state index contributed by atoms with van der Waals surface area (Å²) in [6.45, 7) is 2.57. The Morgan fingerprint density at radius 3 is 2.38 bits per heavy atom. The van der Waals surface area contributed by atoms with Crippen molar-refractivity contribution in [2.75, 3.05) is 26.5 Å². The van der Waals surface area contributed by atoms with E-state index < -0.39 is 9.84 Å². The number of rotatable bonds is 6. The van der Waals surface area contributed by atoms with E-state index in [4.69, 9.17) is 4.74 Å². The van der Waals surface area contributed by atoms with Crippen LogP contribution < -0.4 is 5.32 Å². The number of ether oxygens (including phenoxy) is 1. The Morgan fingerprint density at radius 2 is 1.76 bits per heavy atom. The van der Waals surface area contributed by atoms with Crippen LogP contribution >= 0.6 is 0 Å². The van der Waals surface area contributed by atoms with Crippen molar-refractivity contribution in [1.29, 1.82) is 0 Å². The van der Waals surface area contributed by atoms with Crippen molar-refractivity contribution in [2.24, 2.45) is 0 Å². The first-order chi connectivity index (χ1) is 13.7. The number of carbonyl (C=O) groups excluding carboxylic acids is 2. The number of methoxy groups -OCH3 is 1. The third kappa shape index (κ3) is 4.36. The molecule has 8 nitrogen and oxygen atoms in total. The molecule has 0 unspecified atom stereocenters. The molecule has 1 N–H and O–H groups in total. The van der Waals surface area contributed by atoms with Gasteiger partial charge in [0.1, 0.15) is 0 Å². The van der Waals surface area contributed by atoms with Crippen LogP contribution in [0.4, 0.5) is 0 Å². The number of nitrogens with one attached hydrogen (secondary N) is 1. The molecule has 3 rings (SSSR count). The standard InChI is InChI=1S/C20H21N3O5S/c1-13-17-12-15(19(24)21-10-11-28-2)6-9-18(17)23(22-13)20(25)14-4-7-16(8-5-14)29(3,26)27/h4-9,12H,10-11H2,1-3H3,(H,21,24). The second-order valence-electron chi connectivity index (χ2n) is 6.58. The van der Waals surface area contributed by atoms with Gasteiger partial charge in [0, 0.05) is 36.4 Å². The van der Waals surface area contributed by atoms with Crippen molar-refractivity contribution < 1.29 is 22.7 Å². The van der Waals surface area contributed by atoms with E-state index in [1.165, 1.54) is 28.9 Å². The summed E-state index contributed by atoms with van der Waals surface area (Å²) in [4.78, 5) is 25.3. The van der Waals surface area contributed by atoms with E-state index in [9.17, 15) is 18.0 Å². The molecule has 0 spiro atoms. The lowest BCUT2D eigenvalue weighted by atomic mass is 10.1. The summed E-state index contributed by atoms with van der Waals surface area (Å²) in [6.07, 6.45) is 1.11. The Bertz CT molecular complexity index is 1180. The van der Waals surface area contributed by atoms with Crippen LogP contribution in [-0.2, 0) is 14.6 Å². The van der Waals surface area contributed by atoms with Crippen LogP contribution in [0.5, 0.6) is 0 Å². The topological polar surface area (TPSA) is 107 Å². The second-order valence-corrected chi connectivity index (χ2v) is 8.60. The summed E-state index contributed by atoms with van der Waals surface area (Å²) in [5.41, 5.74) is 1.94. The summed E-state index contributed by atoms with van der Waals surface area (Å²) in [5, 5.41) is 7.75. The average Bonchev–Trinajstić information content (AvgIpc) is 3.03. The predicted molar refractivity (Wildman–Crippen MR) is 108 cm³/mol. The molecule has 0 atom stereocenters. The van der Waals surface area contributed by atoms with Crippen LogP contribution in [0, 0.1) is 6.92 Å². The Balaban J connectivity index is 1.92. The molecule has 152 valence electrons. The van der Waals surface area contributed by atoms with Gasteiger partial charge in [-0.15, -0.1) is 0 Å². The minimum absolute atomic E-state index is 0.139. The average molecular weight is 415 g/mol. The molecule has 0 radical (unpaired) electrons. The molecule has 0 bridgehead atoms. The van der Waals surface area contributed by atoms with Crippen LogP contribution in [0.1, 0.15) is 26.4 Å². The van der Waals surface area contributed by atoms with Crippen LogP contribution in [-0.4, -0.2) is 56.5 Å². The molecule has 0 aliphatic rings. The minimum atomic E-state index is -3.34. The number of hydrogen-bond acceptors (Lipinski definition) is 6. The number of fused-ring (bicyclic) bond motifs is 1. The molecule has 0 saturated carbocycles. The van der Waals surface area contributed by atoms with Gasteiger partial charge in [-0.2, -0.15) is 9.78 Å². The maximum absolute atomic E-state index is 12.9. The molecule has 1 aromatic heterocycles. The van der Waals surface area contributed by atoms with E-state index in [0.717, 1.165) is 6.26 Å². The second kappa shape index (κ2) is 8.14. The molecule has 29 heavy (non-hydrogen) atoms. The van der Waals surface area contributed by atoms with Crippen molar-refractivity contribution in [3.05, 3.63) is 59.3 Å². The van der Waals surface area contributed by atoms with Crippen molar-refractivity contribution in [1.82, 2.24) is 15.1 Å². The number of carbonyl (C=O) groups is 2. The fraction of sp³-hybridized carbons (Fsp3) is 0.250. The number of aromatic nitrogens is 2. The molecule has 2 aromatic carbocycles. The predicted octanol–water partition coefficient (Wildman–Crippen LogP) is 1.81. The molecule has 1 heterocycles. The lowest BCUT2D eigenvalue weighted by Crippen LogP contribution is -2.26. The highest BCUT2D eigenvalue weighted by Crippen LogP contribution is 2.21. The Hall–Kier alpha value is -3.04. The third-order valence-corrected chi connectivity index (χ3v) is 5.57. The van der Waals surface area contributed by atoms with Crippen molar-refractivity contribution in [3.63, 3.8) is 0 Å². The van der Waals surface area contributed by atoms with Crippen LogP contribution in [0.15, 0.2) is 47.4 Å². The Labute approximate surface area is 168 Å². The fourth-order valence-corrected chi connectivity index (χ4v) is 3.53. The third-order valence-electron chi connectivity index (χ3n) is 4.44. The molecule has 0 fully saturated rings. The smallest absolute Gasteiger partial charge is 0.278 e. The minimum Gasteiger partial charge on any atom is -0.383 e. The zero-order chi connectivity index (χ0) is 21.2. The van der Waals surface area contributed by atoms with Crippen molar-refractivity contribution in [3.8, 4) is 0 Å². The highest BCUT2D eigenvalue weighted by atomic mass is 32.2. The van der Waals surface area contributed by atoms with E-state index in [1.807, 2.05) is 0 Å². The first-order valence-corrected chi connectivity index (χ1v) is 10.7. The van der Waals surface area contributed by atoms with E-state index in [1.54, 1.807) is 32.2 Å². The van der Waals surface area contributed by atoms with Crippen molar-refractivity contribution in [2.45, 2.75) is 11.8 Å². The largest absolute Gasteiger partial charge is 0.383 e. The lowest BCUT2D eigenvalue weighted by molar-refractivity contribution is 0.0934. The summed E-state index contributed by atoms with van der Waals surface area (Å²) < 4.78 is 29.4. The van der Waals surface area contributed by atoms with Gasteiger partial charge in [-0.05, 0) is 49.4 Å². The summed E-state index contributed by atoms with van der Waals surface area (Å²) in [7, 11) is -1.78.